The first kappa shape index (κ1) is 18.0. The van der Waals surface area contributed by atoms with Crippen LogP contribution in [0.25, 0.3) is 0 Å². The molecule has 2 aromatic rings. The van der Waals surface area contributed by atoms with E-state index in [0.717, 1.165) is 0 Å². The van der Waals surface area contributed by atoms with Gasteiger partial charge in [-0.25, -0.2) is 8.78 Å². The molecule has 136 valence electrons. The van der Waals surface area contributed by atoms with Gasteiger partial charge in [-0.05, 0) is 35.9 Å². The molecule has 0 bridgehead atoms. The third kappa shape index (κ3) is 3.72. The van der Waals surface area contributed by atoms with E-state index >= 15 is 0 Å². The number of anilines is 2. The van der Waals surface area contributed by atoms with Crippen LogP contribution in [0.4, 0.5) is 25.8 Å². The third-order valence-electron chi connectivity index (χ3n) is 4.24. The number of aliphatic imine (C=N–C) groups is 1. The molecular formula is C19H19F2N3O2. The summed E-state index contributed by atoms with van der Waals surface area (Å²) in [4.78, 5) is 18.0. The van der Waals surface area contributed by atoms with Crippen molar-refractivity contribution in [3.63, 3.8) is 0 Å². The number of likely N-dealkylation sites (N-methyl/N-ethyl adjacent to an activating group) is 1. The van der Waals surface area contributed by atoms with Crippen molar-refractivity contribution in [3.8, 4) is 0 Å². The zero-order valence-electron chi connectivity index (χ0n) is 14.5. The van der Waals surface area contributed by atoms with Gasteiger partial charge in [0.05, 0.1) is 18.0 Å². The maximum atomic E-state index is 14.3. The van der Waals surface area contributed by atoms with Gasteiger partial charge in [0, 0.05) is 38.7 Å². The van der Waals surface area contributed by atoms with Gasteiger partial charge >= 0.3 is 0 Å². The first-order valence-corrected chi connectivity index (χ1v) is 8.13. The third-order valence-corrected chi connectivity index (χ3v) is 4.24. The molecule has 26 heavy (non-hydrogen) atoms. The molecule has 0 saturated carbocycles. The van der Waals surface area contributed by atoms with Crippen molar-refractivity contribution < 1.29 is 18.3 Å². The topological polar surface area (TPSA) is 53.9 Å². The molecule has 0 aliphatic carbocycles. The molecule has 1 unspecified atom stereocenters. The Morgan fingerprint density at radius 1 is 1.27 bits per heavy atom. The van der Waals surface area contributed by atoms with Gasteiger partial charge in [-0.1, -0.05) is 0 Å². The average Bonchev–Trinajstić information content (AvgIpc) is 2.92. The molecule has 1 aliphatic heterocycles. The number of rotatable bonds is 6. The summed E-state index contributed by atoms with van der Waals surface area (Å²) in [5.74, 6) is -1.83. The van der Waals surface area contributed by atoms with Crippen molar-refractivity contribution in [1.82, 2.24) is 0 Å². The van der Waals surface area contributed by atoms with Gasteiger partial charge in [0.2, 0.25) is 5.91 Å². The largest absolute Gasteiger partial charge is 0.383 e. The SMILES string of the molecule is COCCN(C)c1ccc(N=CC2C(=O)Nc3ccc(F)cc32)cc1F. The van der Waals surface area contributed by atoms with Gasteiger partial charge in [0.25, 0.3) is 0 Å². The van der Waals surface area contributed by atoms with Crippen LogP contribution in [0, 0.1) is 11.6 Å². The van der Waals surface area contributed by atoms with Crippen LogP contribution in [-0.4, -0.2) is 39.4 Å². The van der Waals surface area contributed by atoms with Gasteiger partial charge in [0.1, 0.15) is 17.6 Å². The van der Waals surface area contributed by atoms with Gasteiger partial charge in [-0.15, -0.1) is 0 Å². The minimum Gasteiger partial charge on any atom is -0.383 e. The lowest BCUT2D eigenvalue weighted by Gasteiger charge is -2.19. The molecule has 1 atom stereocenters. The number of fused-ring (bicyclic) bond motifs is 1. The molecule has 0 fully saturated rings. The molecule has 7 heteroatoms. The zero-order chi connectivity index (χ0) is 18.7. The van der Waals surface area contributed by atoms with E-state index in [2.05, 4.69) is 10.3 Å². The Balaban J connectivity index is 1.78. The van der Waals surface area contributed by atoms with Crippen LogP contribution in [0.1, 0.15) is 11.5 Å². The molecule has 0 radical (unpaired) electrons. The van der Waals surface area contributed by atoms with Crippen molar-refractivity contribution in [2.45, 2.75) is 5.92 Å². The summed E-state index contributed by atoms with van der Waals surface area (Å²) < 4.78 is 32.7. The lowest BCUT2D eigenvalue weighted by Crippen LogP contribution is -2.22. The number of ether oxygens (including phenoxy) is 1. The summed E-state index contributed by atoms with van der Waals surface area (Å²) in [6.45, 7) is 1.04. The zero-order valence-corrected chi connectivity index (χ0v) is 14.5. The summed E-state index contributed by atoms with van der Waals surface area (Å²) in [7, 11) is 3.36. The molecule has 1 aliphatic rings. The summed E-state index contributed by atoms with van der Waals surface area (Å²) in [6, 6.07) is 8.69. The predicted octanol–water partition coefficient (Wildman–Crippen LogP) is 3.49. The summed E-state index contributed by atoms with van der Waals surface area (Å²) in [5.41, 5.74) is 1.90. The van der Waals surface area contributed by atoms with Crippen LogP contribution in [0.3, 0.4) is 0 Å². The molecular weight excluding hydrogens is 340 g/mol. The Bertz CT molecular complexity index is 855. The fourth-order valence-corrected chi connectivity index (χ4v) is 2.80. The van der Waals surface area contributed by atoms with E-state index in [1.807, 2.05) is 0 Å². The summed E-state index contributed by atoms with van der Waals surface area (Å²) >= 11 is 0. The number of hydrogen-bond donors (Lipinski definition) is 1. The van der Waals surface area contributed by atoms with E-state index in [-0.39, 0.29) is 5.91 Å². The number of hydrogen-bond acceptors (Lipinski definition) is 4. The first-order valence-electron chi connectivity index (χ1n) is 8.13. The standard InChI is InChI=1S/C19H19F2N3O2/c1-24(7-8-26-2)18-6-4-13(10-16(18)21)22-11-15-14-9-12(20)3-5-17(14)23-19(15)25/h3-6,9-11,15H,7-8H2,1-2H3,(H,23,25). The molecule has 0 saturated heterocycles. The lowest BCUT2D eigenvalue weighted by molar-refractivity contribution is -0.115. The van der Waals surface area contributed by atoms with Crippen molar-refractivity contribution in [2.24, 2.45) is 4.99 Å². The monoisotopic (exact) mass is 359 g/mol. The average molecular weight is 359 g/mol. The smallest absolute Gasteiger partial charge is 0.237 e. The van der Waals surface area contributed by atoms with Crippen LogP contribution in [0.15, 0.2) is 41.4 Å². The van der Waals surface area contributed by atoms with E-state index < -0.39 is 17.6 Å². The summed E-state index contributed by atoms with van der Waals surface area (Å²) in [6.07, 6.45) is 1.41. The van der Waals surface area contributed by atoms with E-state index in [1.54, 1.807) is 31.2 Å². The number of amides is 1. The second kappa shape index (κ2) is 7.61. The van der Waals surface area contributed by atoms with Crippen molar-refractivity contribution in [3.05, 3.63) is 53.6 Å². The Morgan fingerprint density at radius 2 is 2.08 bits per heavy atom. The molecule has 0 spiro atoms. The quantitative estimate of drug-likeness (QED) is 0.804. The van der Waals surface area contributed by atoms with Crippen molar-refractivity contribution in [1.29, 1.82) is 0 Å². The van der Waals surface area contributed by atoms with Gasteiger partial charge in [-0.2, -0.15) is 0 Å². The minimum atomic E-state index is -0.701. The number of carbonyl (C=O) groups is 1. The fourth-order valence-electron chi connectivity index (χ4n) is 2.80. The van der Waals surface area contributed by atoms with Crippen LogP contribution in [0.5, 0.6) is 0 Å². The van der Waals surface area contributed by atoms with Crippen LogP contribution in [0.2, 0.25) is 0 Å². The Labute approximate surface area is 150 Å². The van der Waals surface area contributed by atoms with Crippen molar-refractivity contribution in [2.75, 3.05) is 37.5 Å². The second-order valence-corrected chi connectivity index (χ2v) is 6.03. The number of halogens is 2. The Hall–Kier alpha value is -2.80. The number of nitrogens with zero attached hydrogens (tertiary/aromatic N) is 2. The summed E-state index contributed by atoms with van der Waals surface area (Å²) in [5, 5.41) is 2.68. The van der Waals surface area contributed by atoms with E-state index in [0.29, 0.717) is 35.8 Å². The maximum Gasteiger partial charge on any atom is 0.237 e. The van der Waals surface area contributed by atoms with E-state index in [1.165, 1.54) is 30.5 Å². The van der Waals surface area contributed by atoms with Gasteiger partial charge < -0.3 is 15.0 Å². The van der Waals surface area contributed by atoms with Gasteiger partial charge in [0.15, 0.2) is 0 Å². The Kier molecular flexibility index (Phi) is 5.27. The lowest BCUT2D eigenvalue weighted by atomic mass is 10.0. The van der Waals surface area contributed by atoms with E-state index in [4.69, 9.17) is 4.74 Å². The fraction of sp³-hybridized carbons (Fsp3) is 0.263. The Morgan fingerprint density at radius 3 is 2.81 bits per heavy atom. The molecule has 2 aromatic carbocycles. The van der Waals surface area contributed by atoms with Crippen molar-refractivity contribution >= 4 is 29.2 Å². The number of methoxy groups -OCH3 is 1. The maximum absolute atomic E-state index is 14.3. The van der Waals surface area contributed by atoms with Crippen LogP contribution >= 0.6 is 0 Å². The van der Waals surface area contributed by atoms with Crippen LogP contribution < -0.4 is 10.2 Å². The predicted molar refractivity (Wildman–Crippen MR) is 97.5 cm³/mol. The van der Waals surface area contributed by atoms with E-state index in [9.17, 15) is 13.6 Å². The first-order chi connectivity index (χ1) is 12.5. The number of carbonyl (C=O) groups excluding carboxylic acids is 1. The second-order valence-electron chi connectivity index (χ2n) is 6.03. The molecule has 1 heterocycles. The molecule has 5 nitrogen and oxygen atoms in total. The normalized spacial score (nSPS) is 16.0. The highest BCUT2D eigenvalue weighted by atomic mass is 19.1. The molecule has 1 amide bonds. The highest BCUT2D eigenvalue weighted by Gasteiger charge is 2.29. The molecule has 0 aromatic heterocycles. The molecule has 1 N–H and O–H groups in total. The minimum absolute atomic E-state index is 0.286. The van der Waals surface area contributed by atoms with Crippen LogP contribution in [-0.2, 0) is 9.53 Å². The molecule has 3 rings (SSSR count). The highest BCUT2D eigenvalue weighted by Crippen LogP contribution is 2.32. The number of benzene rings is 2. The number of nitrogens with one attached hydrogen (secondary N) is 1. The van der Waals surface area contributed by atoms with Gasteiger partial charge in [-0.3, -0.25) is 9.79 Å². The highest BCUT2D eigenvalue weighted by molar-refractivity contribution is 6.12.